The lowest BCUT2D eigenvalue weighted by Crippen LogP contribution is -2.41. The Bertz CT molecular complexity index is 791. The fraction of sp³-hybridized carbons (Fsp3) is 0.381. The molecule has 1 aromatic heterocycles. The van der Waals surface area contributed by atoms with Crippen molar-refractivity contribution in [3.63, 3.8) is 0 Å². The molecule has 7 nitrogen and oxygen atoms in total. The molecule has 1 aliphatic rings. The van der Waals surface area contributed by atoms with Gasteiger partial charge in [-0.1, -0.05) is 12.1 Å². The number of hydrogen-bond acceptors (Lipinski definition) is 5. The molecule has 0 aliphatic carbocycles. The lowest BCUT2D eigenvalue weighted by Gasteiger charge is -2.30. The third-order valence-corrected chi connectivity index (χ3v) is 4.79. The molecule has 7 heteroatoms. The second kappa shape index (κ2) is 9.85. The molecule has 148 valence electrons. The lowest BCUT2D eigenvalue weighted by atomic mass is 10.2. The zero-order valence-corrected chi connectivity index (χ0v) is 16.1. The van der Waals surface area contributed by atoms with Crippen LogP contribution in [0.1, 0.15) is 12.5 Å². The van der Waals surface area contributed by atoms with E-state index in [-0.39, 0.29) is 0 Å². The van der Waals surface area contributed by atoms with Crippen LogP contribution in [0.15, 0.2) is 48.8 Å². The maximum atomic E-state index is 12.7. The molecule has 0 radical (unpaired) electrons. The first-order valence-corrected chi connectivity index (χ1v) is 9.60. The zero-order chi connectivity index (χ0) is 19.8. The minimum absolute atomic E-state index is 0.475. The van der Waals surface area contributed by atoms with Gasteiger partial charge in [0.1, 0.15) is 0 Å². The highest BCUT2D eigenvalue weighted by molar-refractivity contribution is 6.39. The smallest absolute Gasteiger partial charge is 0.313 e. The SMILES string of the molecule is CCN(CCc1ccncc1)C(=O)C(=O)Nc1ccccc1N1CCOCC1. The molecule has 0 bridgehead atoms. The Hall–Kier alpha value is -2.93. The van der Waals surface area contributed by atoms with Crippen LogP contribution in [0.5, 0.6) is 0 Å². The fourth-order valence-electron chi connectivity index (χ4n) is 3.20. The number of nitrogens with one attached hydrogen (secondary N) is 1. The van der Waals surface area contributed by atoms with Crippen LogP contribution in [0.4, 0.5) is 11.4 Å². The molecule has 1 N–H and O–H groups in total. The van der Waals surface area contributed by atoms with Crippen LogP contribution in [0.3, 0.4) is 0 Å². The van der Waals surface area contributed by atoms with Gasteiger partial charge in [-0.25, -0.2) is 0 Å². The number of carbonyl (C=O) groups is 2. The van der Waals surface area contributed by atoms with Crippen molar-refractivity contribution in [3.8, 4) is 0 Å². The largest absolute Gasteiger partial charge is 0.378 e. The summed E-state index contributed by atoms with van der Waals surface area (Å²) >= 11 is 0. The fourth-order valence-corrected chi connectivity index (χ4v) is 3.20. The molecule has 1 aliphatic heterocycles. The maximum Gasteiger partial charge on any atom is 0.313 e. The molecule has 1 aromatic carbocycles. The van der Waals surface area contributed by atoms with Crippen molar-refractivity contribution in [1.82, 2.24) is 9.88 Å². The predicted molar refractivity (Wildman–Crippen MR) is 108 cm³/mol. The number of aromatic nitrogens is 1. The first-order chi connectivity index (χ1) is 13.7. The van der Waals surface area contributed by atoms with Crippen molar-refractivity contribution < 1.29 is 14.3 Å². The number of carbonyl (C=O) groups excluding carboxylic acids is 2. The molecule has 1 fully saturated rings. The van der Waals surface area contributed by atoms with Gasteiger partial charge in [0.25, 0.3) is 0 Å². The number of nitrogens with zero attached hydrogens (tertiary/aromatic N) is 3. The summed E-state index contributed by atoms with van der Waals surface area (Å²) in [6.07, 6.45) is 4.13. The average molecular weight is 382 g/mol. The van der Waals surface area contributed by atoms with Gasteiger partial charge in [0.05, 0.1) is 24.6 Å². The van der Waals surface area contributed by atoms with Crippen LogP contribution in [0.25, 0.3) is 0 Å². The molecule has 0 unspecified atom stereocenters. The van der Waals surface area contributed by atoms with Crippen molar-refractivity contribution in [2.24, 2.45) is 0 Å². The Kier molecular flexibility index (Phi) is 6.97. The molecule has 3 rings (SSSR count). The van der Waals surface area contributed by atoms with E-state index in [0.29, 0.717) is 38.4 Å². The van der Waals surface area contributed by atoms with Gasteiger partial charge < -0.3 is 19.9 Å². The minimum atomic E-state index is -0.614. The standard InChI is InChI=1S/C21H26N4O3/c1-2-24(12-9-17-7-10-22-11-8-17)21(27)20(26)23-18-5-3-4-6-19(18)25-13-15-28-16-14-25/h3-8,10-11H,2,9,12-16H2,1H3,(H,23,26). The van der Waals surface area contributed by atoms with E-state index in [1.54, 1.807) is 17.3 Å². The summed E-state index contributed by atoms with van der Waals surface area (Å²) in [5.41, 5.74) is 2.64. The summed E-state index contributed by atoms with van der Waals surface area (Å²) in [5.74, 6) is -1.13. The molecular formula is C21H26N4O3. The number of benzene rings is 1. The van der Waals surface area contributed by atoms with Gasteiger partial charge in [-0.15, -0.1) is 0 Å². The third-order valence-electron chi connectivity index (χ3n) is 4.79. The number of pyridine rings is 1. The first-order valence-electron chi connectivity index (χ1n) is 9.60. The Morgan fingerprint density at radius 2 is 1.86 bits per heavy atom. The first kappa shape index (κ1) is 19.8. The summed E-state index contributed by atoms with van der Waals surface area (Å²) in [6.45, 7) is 5.65. The average Bonchev–Trinajstić information content (AvgIpc) is 2.75. The van der Waals surface area contributed by atoms with E-state index in [0.717, 1.165) is 24.3 Å². The molecule has 1 saturated heterocycles. The number of rotatable bonds is 6. The quantitative estimate of drug-likeness (QED) is 0.773. The Morgan fingerprint density at radius 1 is 1.14 bits per heavy atom. The van der Waals surface area contributed by atoms with E-state index < -0.39 is 11.8 Å². The number of likely N-dealkylation sites (N-methyl/N-ethyl adjacent to an activating group) is 1. The Balaban J connectivity index is 1.63. The van der Waals surface area contributed by atoms with E-state index in [1.807, 2.05) is 43.3 Å². The van der Waals surface area contributed by atoms with Crippen LogP contribution in [-0.4, -0.2) is 61.1 Å². The van der Waals surface area contributed by atoms with Gasteiger partial charge in [-0.3, -0.25) is 14.6 Å². The third kappa shape index (κ3) is 5.07. The van der Waals surface area contributed by atoms with Gasteiger partial charge in [-0.2, -0.15) is 0 Å². The Labute approximate surface area is 165 Å². The number of para-hydroxylation sites is 2. The maximum absolute atomic E-state index is 12.7. The summed E-state index contributed by atoms with van der Waals surface area (Å²) in [6, 6.07) is 11.4. The monoisotopic (exact) mass is 382 g/mol. The highest BCUT2D eigenvalue weighted by Crippen LogP contribution is 2.26. The predicted octanol–water partition coefficient (Wildman–Crippen LogP) is 1.95. The summed E-state index contributed by atoms with van der Waals surface area (Å²) in [7, 11) is 0. The van der Waals surface area contributed by atoms with Crippen molar-refractivity contribution in [2.75, 3.05) is 49.6 Å². The molecule has 2 aromatic rings. The van der Waals surface area contributed by atoms with Gasteiger partial charge >= 0.3 is 11.8 Å². The topological polar surface area (TPSA) is 74.8 Å². The minimum Gasteiger partial charge on any atom is -0.378 e. The second-order valence-electron chi connectivity index (χ2n) is 6.56. The number of morpholine rings is 1. The molecule has 2 heterocycles. The van der Waals surface area contributed by atoms with Gasteiger partial charge in [-0.05, 0) is 43.2 Å². The summed E-state index contributed by atoms with van der Waals surface area (Å²) < 4.78 is 5.40. The molecule has 0 atom stereocenters. The normalized spacial score (nSPS) is 13.8. The number of ether oxygens (including phenoxy) is 1. The molecule has 0 spiro atoms. The van der Waals surface area contributed by atoms with Crippen LogP contribution in [0, 0.1) is 0 Å². The van der Waals surface area contributed by atoms with Crippen molar-refractivity contribution in [3.05, 3.63) is 54.4 Å². The lowest BCUT2D eigenvalue weighted by molar-refractivity contribution is -0.143. The molecule has 2 amide bonds. The zero-order valence-electron chi connectivity index (χ0n) is 16.1. The van der Waals surface area contributed by atoms with Crippen molar-refractivity contribution in [1.29, 1.82) is 0 Å². The van der Waals surface area contributed by atoms with Crippen molar-refractivity contribution in [2.45, 2.75) is 13.3 Å². The van der Waals surface area contributed by atoms with Crippen LogP contribution in [0.2, 0.25) is 0 Å². The molecule has 0 saturated carbocycles. The molecular weight excluding hydrogens is 356 g/mol. The Morgan fingerprint density at radius 3 is 2.57 bits per heavy atom. The van der Waals surface area contributed by atoms with Gasteiger partial charge in [0.15, 0.2) is 0 Å². The van der Waals surface area contributed by atoms with E-state index in [9.17, 15) is 9.59 Å². The highest BCUT2D eigenvalue weighted by Gasteiger charge is 2.22. The number of hydrogen-bond donors (Lipinski definition) is 1. The van der Waals surface area contributed by atoms with E-state index in [1.165, 1.54) is 0 Å². The number of amides is 2. The van der Waals surface area contributed by atoms with Gasteiger partial charge in [0, 0.05) is 38.6 Å². The number of anilines is 2. The second-order valence-corrected chi connectivity index (χ2v) is 6.56. The summed E-state index contributed by atoms with van der Waals surface area (Å²) in [4.78, 5) is 33.0. The van der Waals surface area contributed by atoms with E-state index in [2.05, 4.69) is 15.2 Å². The van der Waals surface area contributed by atoms with Crippen LogP contribution in [-0.2, 0) is 20.7 Å². The summed E-state index contributed by atoms with van der Waals surface area (Å²) in [5, 5.41) is 2.80. The van der Waals surface area contributed by atoms with E-state index in [4.69, 9.17) is 4.74 Å². The molecule has 28 heavy (non-hydrogen) atoms. The van der Waals surface area contributed by atoms with Crippen LogP contribution >= 0.6 is 0 Å². The van der Waals surface area contributed by atoms with Gasteiger partial charge in [0.2, 0.25) is 0 Å². The van der Waals surface area contributed by atoms with Crippen molar-refractivity contribution >= 4 is 23.2 Å². The highest BCUT2D eigenvalue weighted by atomic mass is 16.5. The van der Waals surface area contributed by atoms with E-state index >= 15 is 0 Å². The van der Waals surface area contributed by atoms with Crippen LogP contribution < -0.4 is 10.2 Å².